The smallest absolute Gasteiger partial charge is 0.257 e. The van der Waals surface area contributed by atoms with E-state index in [9.17, 15) is 9.59 Å². The third kappa shape index (κ3) is 6.13. The molecule has 0 unspecified atom stereocenters. The standard InChI is InChI=1S/C19H20ClN3O2S/c1-12(2)14-5-7-15(8-6-14)18(25)21-19(26)23-22-17(24)11-13-3-9-16(20)10-4-13/h3-10,12H,11H2,1-2H3,(H,22,24)(H2,21,23,25,26). The van der Waals surface area contributed by atoms with E-state index in [-0.39, 0.29) is 23.3 Å². The van der Waals surface area contributed by atoms with E-state index in [2.05, 4.69) is 30.0 Å². The number of nitrogens with one attached hydrogen (secondary N) is 3. The molecule has 136 valence electrons. The first-order valence-corrected chi connectivity index (χ1v) is 8.88. The Kier molecular flexibility index (Phi) is 7.12. The van der Waals surface area contributed by atoms with Crippen LogP contribution in [-0.2, 0) is 11.2 Å². The fourth-order valence-corrected chi connectivity index (χ4v) is 2.45. The maximum Gasteiger partial charge on any atom is 0.257 e. The molecule has 3 N–H and O–H groups in total. The third-order valence-corrected chi connectivity index (χ3v) is 4.12. The van der Waals surface area contributed by atoms with Crippen LogP contribution >= 0.6 is 23.8 Å². The van der Waals surface area contributed by atoms with Crippen molar-refractivity contribution in [2.75, 3.05) is 0 Å². The molecule has 2 aromatic carbocycles. The van der Waals surface area contributed by atoms with Crippen LogP contribution in [0.4, 0.5) is 0 Å². The largest absolute Gasteiger partial charge is 0.298 e. The monoisotopic (exact) mass is 389 g/mol. The molecular formula is C19H20ClN3O2S. The Hall–Kier alpha value is -2.44. The molecule has 2 rings (SSSR count). The van der Waals surface area contributed by atoms with Crippen LogP contribution in [0.2, 0.25) is 5.02 Å². The Morgan fingerprint density at radius 1 is 1.00 bits per heavy atom. The van der Waals surface area contributed by atoms with Gasteiger partial charge in [0, 0.05) is 10.6 Å². The summed E-state index contributed by atoms with van der Waals surface area (Å²) in [6, 6.07) is 14.3. The second-order valence-electron chi connectivity index (χ2n) is 6.04. The van der Waals surface area contributed by atoms with Gasteiger partial charge in [0.15, 0.2) is 5.11 Å². The molecule has 0 heterocycles. The van der Waals surface area contributed by atoms with E-state index >= 15 is 0 Å². The maximum atomic E-state index is 12.1. The maximum absolute atomic E-state index is 12.1. The number of hydrogen-bond donors (Lipinski definition) is 3. The number of benzene rings is 2. The van der Waals surface area contributed by atoms with Crippen LogP contribution in [-0.4, -0.2) is 16.9 Å². The van der Waals surface area contributed by atoms with Crippen molar-refractivity contribution < 1.29 is 9.59 Å². The van der Waals surface area contributed by atoms with Crippen molar-refractivity contribution in [2.24, 2.45) is 0 Å². The van der Waals surface area contributed by atoms with E-state index in [1.807, 2.05) is 12.1 Å². The predicted octanol–water partition coefficient (Wildman–Crippen LogP) is 3.34. The molecule has 0 saturated heterocycles. The summed E-state index contributed by atoms with van der Waals surface area (Å²) in [5, 5.41) is 3.15. The lowest BCUT2D eigenvalue weighted by molar-refractivity contribution is -0.121. The summed E-state index contributed by atoms with van der Waals surface area (Å²) >= 11 is 10.8. The quantitative estimate of drug-likeness (QED) is 0.554. The Labute approximate surface area is 163 Å². The van der Waals surface area contributed by atoms with Crippen molar-refractivity contribution in [1.29, 1.82) is 0 Å². The fourth-order valence-electron chi connectivity index (χ4n) is 2.18. The van der Waals surface area contributed by atoms with Gasteiger partial charge in [0.2, 0.25) is 5.91 Å². The highest BCUT2D eigenvalue weighted by atomic mass is 35.5. The molecule has 5 nitrogen and oxygen atoms in total. The van der Waals surface area contributed by atoms with Gasteiger partial charge >= 0.3 is 0 Å². The number of rotatable bonds is 4. The van der Waals surface area contributed by atoms with Crippen molar-refractivity contribution in [2.45, 2.75) is 26.2 Å². The molecule has 0 aliphatic heterocycles. The first-order chi connectivity index (χ1) is 12.3. The molecule has 26 heavy (non-hydrogen) atoms. The minimum Gasteiger partial charge on any atom is -0.298 e. The van der Waals surface area contributed by atoms with E-state index < -0.39 is 0 Å². The van der Waals surface area contributed by atoms with Crippen LogP contribution in [0.5, 0.6) is 0 Å². The third-order valence-electron chi connectivity index (χ3n) is 3.66. The van der Waals surface area contributed by atoms with Gasteiger partial charge < -0.3 is 0 Å². The average Bonchev–Trinajstić information content (AvgIpc) is 2.62. The van der Waals surface area contributed by atoms with Crippen LogP contribution in [0.3, 0.4) is 0 Å². The number of halogens is 1. The molecule has 0 radical (unpaired) electrons. The summed E-state index contributed by atoms with van der Waals surface area (Å²) in [6.07, 6.45) is 0.164. The van der Waals surface area contributed by atoms with Gasteiger partial charge in [-0.25, -0.2) is 0 Å². The molecule has 0 saturated carbocycles. The minimum absolute atomic E-state index is 0.0207. The molecule has 0 aliphatic carbocycles. The van der Waals surface area contributed by atoms with E-state index in [1.54, 1.807) is 36.4 Å². The molecule has 7 heteroatoms. The van der Waals surface area contributed by atoms with Crippen molar-refractivity contribution in [3.8, 4) is 0 Å². The molecule has 0 aliphatic rings. The summed E-state index contributed by atoms with van der Waals surface area (Å²) in [4.78, 5) is 24.0. The van der Waals surface area contributed by atoms with Crippen molar-refractivity contribution in [3.63, 3.8) is 0 Å². The highest BCUT2D eigenvalue weighted by Crippen LogP contribution is 2.14. The number of thiocarbonyl (C=S) groups is 1. The van der Waals surface area contributed by atoms with Crippen molar-refractivity contribution in [3.05, 3.63) is 70.2 Å². The van der Waals surface area contributed by atoms with Gasteiger partial charge in [0.1, 0.15) is 0 Å². The lowest BCUT2D eigenvalue weighted by Crippen LogP contribution is -2.48. The van der Waals surface area contributed by atoms with Crippen molar-refractivity contribution in [1.82, 2.24) is 16.2 Å². The van der Waals surface area contributed by atoms with Crippen LogP contribution in [0.15, 0.2) is 48.5 Å². The summed E-state index contributed by atoms with van der Waals surface area (Å²) in [5.41, 5.74) is 7.42. The van der Waals surface area contributed by atoms with Gasteiger partial charge in [0.25, 0.3) is 5.91 Å². The topological polar surface area (TPSA) is 70.2 Å². The van der Waals surface area contributed by atoms with Gasteiger partial charge in [0.05, 0.1) is 6.42 Å². The van der Waals surface area contributed by atoms with Crippen molar-refractivity contribution >= 4 is 40.7 Å². The van der Waals surface area contributed by atoms with E-state index in [1.165, 1.54) is 0 Å². The molecule has 0 atom stereocenters. The average molecular weight is 390 g/mol. The first kappa shape index (κ1) is 19.9. The lowest BCUT2D eigenvalue weighted by atomic mass is 10.0. The van der Waals surface area contributed by atoms with Gasteiger partial charge in [-0.15, -0.1) is 0 Å². The number of carbonyl (C=O) groups excluding carboxylic acids is 2. The van der Waals surface area contributed by atoms with Crippen LogP contribution < -0.4 is 16.2 Å². The van der Waals surface area contributed by atoms with E-state index in [0.717, 1.165) is 11.1 Å². The molecule has 0 spiro atoms. The Bertz CT molecular complexity index is 789. The second kappa shape index (κ2) is 9.31. The van der Waals surface area contributed by atoms with Gasteiger partial charge in [-0.3, -0.25) is 25.8 Å². The zero-order valence-electron chi connectivity index (χ0n) is 14.5. The molecular weight excluding hydrogens is 370 g/mol. The number of amides is 2. The Morgan fingerprint density at radius 3 is 2.19 bits per heavy atom. The van der Waals surface area contributed by atoms with Gasteiger partial charge in [-0.2, -0.15) is 0 Å². The van der Waals surface area contributed by atoms with Crippen LogP contribution in [0.1, 0.15) is 41.3 Å². The normalized spacial score (nSPS) is 10.3. The molecule has 2 amide bonds. The zero-order chi connectivity index (χ0) is 19.1. The summed E-state index contributed by atoms with van der Waals surface area (Å²) in [7, 11) is 0. The molecule has 0 fully saturated rings. The molecule has 2 aromatic rings. The van der Waals surface area contributed by atoms with Gasteiger partial charge in [-0.05, 0) is 53.5 Å². The van der Waals surface area contributed by atoms with Crippen LogP contribution in [0.25, 0.3) is 0 Å². The highest BCUT2D eigenvalue weighted by molar-refractivity contribution is 7.80. The first-order valence-electron chi connectivity index (χ1n) is 8.09. The highest BCUT2D eigenvalue weighted by Gasteiger charge is 2.09. The molecule has 0 aromatic heterocycles. The number of hydrazine groups is 1. The lowest BCUT2D eigenvalue weighted by Gasteiger charge is -2.11. The minimum atomic E-state index is -0.343. The summed E-state index contributed by atoms with van der Waals surface area (Å²) in [6.45, 7) is 4.17. The summed E-state index contributed by atoms with van der Waals surface area (Å²) < 4.78 is 0. The number of carbonyl (C=O) groups is 2. The van der Waals surface area contributed by atoms with E-state index in [0.29, 0.717) is 16.5 Å². The second-order valence-corrected chi connectivity index (χ2v) is 6.88. The Morgan fingerprint density at radius 2 is 1.62 bits per heavy atom. The number of hydrogen-bond acceptors (Lipinski definition) is 3. The summed E-state index contributed by atoms with van der Waals surface area (Å²) in [5.74, 6) is -0.235. The molecule has 0 bridgehead atoms. The zero-order valence-corrected chi connectivity index (χ0v) is 16.1. The fraction of sp³-hybridized carbons (Fsp3) is 0.211. The van der Waals surface area contributed by atoms with Crippen LogP contribution in [0, 0.1) is 0 Å². The van der Waals surface area contributed by atoms with E-state index in [4.69, 9.17) is 23.8 Å². The Balaban J connectivity index is 1.79. The van der Waals surface area contributed by atoms with Gasteiger partial charge in [-0.1, -0.05) is 49.7 Å². The predicted molar refractivity (Wildman–Crippen MR) is 107 cm³/mol. The SMILES string of the molecule is CC(C)c1ccc(C(=O)NC(=S)NNC(=O)Cc2ccc(Cl)cc2)cc1.